The van der Waals surface area contributed by atoms with E-state index in [1.54, 1.807) is 6.20 Å². The molecular formula is C18H19ClFN3O. The molecule has 3 rings (SSSR count). The zero-order valence-corrected chi connectivity index (χ0v) is 14.0. The Bertz CT molecular complexity index is 715. The van der Waals surface area contributed by atoms with Crippen molar-refractivity contribution >= 4 is 23.3 Å². The number of hydrogen-bond acceptors (Lipinski definition) is 3. The number of nitrogens with one attached hydrogen (secondary N) is 1. The number of carbonyl (C=O) groups excluding carboxylic acids is 1. The van der Waals surface area contributed by atoms with Crippen LogP contribution >= 0.6 is 11.6 Å². The van der Waals surface area contributed by atoms with Gasteiger partial charge in [0.05, 0.1) is 10.6 Å². The van der Waals surface area contributed by atoms with Gasteiger partial charge in [0.25, 0.3) is 5.91 Å². The maximum absolute atomic E-state index is 13.0. The molecular weight excluding hydrogens is 329 g/mol. The van der Waals surface area contributed by atoms with Crippen LogP contribution < -0.4 is 10.2 Å². The highest BCUT2D eigenvalue weighted by Gasteiger charge is 2.13. The lowest BCUT2D eigenvalue weighted by Gasteiger charge is -2.27. The van der Waals surface area contributed by atoms with Gasteiger partial charge in [-0.2, -0.15) is 0 Å². The van der Waals surface area contributed by atoms with Gasteiger partial charge < -0.3 is 10.2 Å². The SMILES string of the molecule is O=C(NCc1ccc(N2CCCCC2)nc1)c1ccc(F)cc1Cl. The second-order valence-electron chi connectivity index (χ2n) is 5.88. The molecule has 1 amide bonds. The summed E-state index contributed by atoms with van der Waals surface area (Å²) in [5.41, 5.74) is 1.17. The molecule has 126 valence electrons. The minimum atomic E-state index is -0.464. The molecule has 6 heteroatoms. The number of aromatic nitrogens is 1. The summed E-state index contributed by atoms with van der Waals surface area (Å²) >= 11 is 5.89. The van der Waals surface area contributed by atoms with E-state index in [4.69, 9.17) is 11.6 Å². The summed E-state index contributed by atoms with van der Waals surface area (Å²) in [4.78, 5) is 18.9. The Hall–Kier alpha value is -2.14. The highest BCUT2D eigenvalue weighted by atomic mass is 35.5. The number of anilines is 1. The van der Waals surface area contributed by atoms with Crippen LogP contribution in [0.3, 0.4) is 0 Å². The minimum absolute atomic E-state index is 0.103. The third-order valence-electron chi connectivity index (χ3n) is 4.12. The number of nitrogens with zero attached hydrogens (tertiary/aromatic N) is 2. The summed E-state index contributed by atoms with van der Waals surface area (Å²) in [5.74, 6) is 0.181. The largest absolute Gasteiger partial charge is 0.357 e. The fourth-order valence-electron chi connectivity index (χ4n) is 2.78. The molecule has 0 aliphatic carbocycles. The van der Waals surface area contributed by atoms with E-state index in [2.05, 4.69) is 15.2 Å². The van der Waals surface area contributed by atoms with E-state index in [9.17, 15) is 9.18 Å². The Morgan fingerprint density at radius 3 is 2.67 bits per heavy atom. The second kappa shape index (κ2) is 7.62. The topological polar surface area (TPSA) is 45.2 Å². The quantitative estimate of drug-likeness (QED) is 0.915. The number of halogens is 2. The van der Waals surface area contributed by atoms with Gasteiger partial charge in [0.2, 0.25) is 0 Å². The van der Waals surface area contributed by atoms with Crippen LogP contribution in [-0.2, 0) is 6.54 Å². The highest BCUT2D eigenvalue weighted by Crippen LogP contribution is 2.19. The molecule has 1 N–H and O–H groups in total. The summed E-state index contributed by atoms with van der Waals surface area (Å²) in [6, 6.07) is 7.67. The van der Waals surface area contributed by atoms with Gasteiger partial charge in [-0.15, -0.1) is 0 Å². The number of carbonyl (C=O) groups is 1. The lowest BCUT2D eigenvalue weighted by atomic mass is 10.1. The van der Waals surface area contributed by atoms with Gasteiger partial charge in [-0.25, -0.2) is 9.37 Å². The molecule has 1 aliphatic heterocycles. The van der Waals surface area contributed by atoms with Crippen LogP contribution in [0.15, 0.2) is 36.5 Å². The van der Waals surface area contributed by atoms with Crippen molar-refractivity contribution in [2.45, 2.75) is 25.8 Å². The fraction of sp³-hybridized carbons (Fsp3) is 0.333. The van der Waals surface area contributed by atoms with E-state index in [1.807, 2.05) is 12.1 Å². The molecule has 0 saturated carbocycles. The first kappa shape index (κ1) is 16.7. The summed E-state index contributed by atoms with van der Waals surface area (Å²) in [6.07, 6.45) is 5.47. The van der Waals surface area contributed by atoms with Crippen molar-refractivity contribution in [2.24, 2.45) is 0 Å². The second-order valence-corrected chi connectivity index (χ2v) is 6.29. The molecule has 1 aromatic carbocycles. The summed E-state index contributed by atoms with van der Waals surface area (Å²) in [5, 5.41) is 2.88. The number of amides is 1. The fourth-order valence-corrected chi connectivity index (χ4v) is 3.04. The smallest absolute Gasteiger partial charge is 0.253 e. The molecule has 1 aromatic heterocycles. The molecule has 0 bridgehead atoms. The normalized spacial score (nSPS) is 14.5. The van der Waals surface area contributed by atoms with Crippen molar-refractivity contribution in [2.75, 3.05) is 18.0 Å². The van der Waals surface area contributed by atoms with Gasteiger partial charge in [0, 0.05) is 25.8 Å². The molecule has 1 saturated heterocycles. The van der Waals surface area contributed by atoms with Crippen LogP contribution in [0.2, 0.25) is 5.02 Å². The Morgan fingerprint density at radius 2 is 2.00 bits per heavy atom. The lowest BCUT2D eigenvalue weighted by Crippen LogP contribution is -2.30. The maximum atomic E-state index is 13.0. The minimum Gasteiger partial charge on any atom is -0.357 e. The first-order valence-electron chi connectivity index (χ1n) is 8.06. The number of rotatable bonds is 4. The molecule has 0 unspecified atom stereocenters. The number of pyridine rings is 1. The molecule has 24 heavy (non-hydrogen) atoms. The van der Waals surface area contributed by atoms with Crippen molar-refractivity contribution in [1.82, 2.24) is 10.3 Å². The summed E-state index contributed by atoms with van der Waals surface area (Å²) in [7, 11) is 0. The molecule has 2 heterocycles. The summed E-state index contributed by atoms with van der Waals surface area (Å²) < 4.78 is 13.0. The van der Waals surface area contributed by atoms with Crippen LogP contribution in [0, 0.1) is 5.82 Å². The van der Waals surface area contributed by atoms with E-state index in [0.29, 0.717) is 6.54 Å². The molecule has 4 nitrogen and oxygen atoms in total. The summed E-state index contributed by atoms with van der Waals surface area (Å²) in [6.45, 7) is 2.44. The first-order chi connectivity index (χ1) is 11.6. The highest BCUT2D eigenvalue weighted by molar-refractivity contribution is 6.33. The van der Waals surface area contributed by atoms with Crippen molar-refractivity contribution in [3.63, 3.8) is 0 Å². The number of benzene rings is 1. The van der Waals surface area contributed by atoms with Gasteiger partial charge in [-0.1, -0.05) is 17.7 Å². The predicted molar refractivity (Wildman–Crippen MR) is 92.9 cm³/mol. The molecule has 1 fully saturated rings. The Morgan fingerprint density at radius 1 is 1.21 bits per heavy atom. The van der Waals surface area contributed by atoms with Crippen LogP contribution in [0.4, 0.5) is 10.2 Å². The molecule has 1 aliphatic rings. The van der Waals surface area contributed by atoms with Crippen LogP contribution in [-0.4, -0.2) is 24.0 Å². The first-order valence-corrected chi connectivity index (χ1v) is 8.44. The monoisotopic (exact) mass is 347 g/mol. The predicted octanol–water partition coefficient (Wildman–Crippen LogP) is 3.79. The molecule has 2 aromatic rings. The lowest BCUT2D eigenvalue weighted by molar-refractivity contribution is 0.0951. The third kappa shape index (κ3) is 4.03. The average Bonchev–Trinajstić information content (AvgIpc) is 2.61. The van der Waals surface area contributed by atoms with Crippen LogP contribution in [0.5, 0.6) is 0 Å². The standard InChI is InChI=1S/C18H19ClFN3O/c19-16-10-14(20)5-6-15(16)18(24)22-12-13-4-7-17(21-11-13)23-8-2-1-3-9-23/h4-7,10-11H,1-3,8-9,12H2,(H,22,24). The number of piperidine rings is 1. The van der Waals surface area contributed by atoms with Gasteiger partial charge in [0.1, 0.15) is 11.6 Å². The number of hydrogen-bond donors (Lipinski definition) is 1. The van der Waals surface area contributed by atoms with Gasteiger partial charge in [-0.3, -0.25) is 4.79 Å². The Labute approximate surface area is 145 Å². The van der Waals surface area contributed by atoms with E-state index >= 15 is 0 Å². The van der Waals surface area contributed by atoms with E-state index in [1.165, 1.54) is 31.4 Å². The van der Waals surface area contributed by atoms with Crippen LogP contribution in [0.25, 0.3) is 0 Å². The van der Waals surface area contributed by atoms with Crippen molar-refractivity contribution in [3.05, 3.63) is 58.5 Å². The van der Waals surface area contributed by atoms with Crippen LogP contribution in [0.1, 0.15) is 35.2 Å². The average molecular weight is 348 g/mol. The van der Waals surface area contributed by atoms with Gasteiger partial charge in [-0.05, 0) is 49.1 Å². The molecule has 0 atom stereocenters. The van der Waals surface area contributed by atoms with E-state index in [-0.39, 0.29) is 16.5 Å². The van der Waals surface area contributed by atoms with Crippen molar-refractivity contribution < 1.29 is 9.18 Å². The van der Waals surface area contributed by atoms with Crippen molar-refractivity contribution in [1.29, 1.82) is 0 Å². The zero-order chi connectivity index (χ0) is 16.9. The Balaban J connectivity index is 1.59. The van der Waals surface area contributed by atoms with Crippen molar-refractivity contribution in [3.8, 4) is 0 Å². The Kier molecular flexibility index (Phi) is 5.30. The van der Waals surface area contributed by atoms with Gasteiger partial charge in [0.15, 0.2) is 0 Å². The molecule has 0 radical (unpaired) electrons. The van der Waals surface area contributed by atoms with Gasteiger partial charge >= 0.3 is 0 Å². The molecule has 0 spiro atoms. The zero-order valence-electron chi connectivity index (χ0n) is 13.3. The maximum Gasteiger partial charge on any atom is 0.253 e. The van der Waals surface area contributed by atoms with E-state index < -0.39 is 5.82 Å². The van der Waals surface area contributed by atoms with E-state index in [0.717, 1.165) is 30.5 Å². The third-order valence-corrected chi connectivity index (χ3v) is 4.43.